The number of rotatable bonds is 8. The Bertz CT molecular complexity index is 909. The number of nitrogens with zero attached hydrogens (tertiary/aromatic N) is 1. The number of aromatic amines is 1. The van der Waals surface area contributed by atoms with Crippen molar-refractivity contribution in [2.45, 2.75) is 44.8 Å². The lowest BCUT2D eigenvalue weighted by Crippen LogP contribution is -2.33. The molecule has 0 radical (unpaired) electrons. The van der Waals surface area contributed by atoms with E-state index < -0.39 is 44.9 Å². The van der Waals surface area contributed by atoms with Crippen molar-refractivity contribution >= 4 is 37.8 Å². The average Bonchev–Trinajstić information content (AvgIpc) is 2.88. The van der Waals surface area contributed by atoms with E-state index in [4.69, 9.17) is 18.3 Å². The molecule has 1 aliphatic rings. The zero-order valence-corrected chi connectivity index (χ0v) is 19.7. The second kappa shape index (κ2) is 9.22. The first-order valence-corrected chi connectivity index (χ1v) is 13.4. The molecule has 0 amide bonds. The number of hydrogen-bond acceptors (Lipinski definition) is 8. The largest absolute Gasteiger partial charge is 0.349 e. The maximum atomic E-state index is 12.6. The van der Waals surface area contributed by atoms with E-state index in [1.165, 1.54) is 17.4 Å². The highest BCUT2D eigenvalue weighted by Gasteiger charge is 2.42. The van der Waals surface area contributed by atoms with Gasteiger partial charge in [0, 0.05) is 25.9 Å². The monoisotopic (exact) mass is 552 g/mol. The summed E-state index contributed by atoms with van der Waals surface area (Å²) in [4.78, 5) is 35.2. The Balaban J connectivity index is 2.27. The SMILES string of the molecule is CC(C)OP(C)(=O)O[C@@H]1C[C@H](n2cc(I)c(=O)[nH]c2=O)O[C@@H]1COP(C)(=O)O. The highest BCUT2D eigenvalue weighted by molar-refractivity contribution is 14.1. The van der Waals surface area contributed by atoms with Gasteiger partial charge in [-0.2, -0.15) is 0 Å². The van der Waals surface area contributed by atoms with E-state index in [0.717, 1.165) is 6.66 Å². The summed E-state index contributed by atoms with van der Waals surface area (Å²) in [5, 5.41) is 0. The molecule has 14 heteroatoms. The molecular formula is C14H23IN2O9P2. The van der Waals surface area contributed by atoms with E-state index in [1.807, 2.05) is 0 Å². The highest BCUT2D eigenvalue weighted by Crippen LogP contribution is 2.50. The van der Waals surface area contributed by atoms with Crippen LogP contribution in [0.1, 0.15) is 26.5 Å². The van der Waals surface area contributed by atoms with Gasteiger partial charge >= 0.3 is 20.9 Å². The Kier molecular flexibility index (Phi) is 7.88. The molecular weight excluding hydrogens is 529 g/mol. The van der Waals surface area contributed by atoms with Crippen molar-refractivity contribution in [3.63, 3.8) is 0 Å². The minimum atomic E-state index is -3.79. The Morgan fingerprint density at radius 2 is 2.04 bits per heavy atom. The lowest BCUT2D eigenvalue weighted by atomic mass is 10.2. The van der Waals surface area contributed by atoms with Gasteiger partial charge in [0.05, 0.1) is 22.4 Å². The number of H-pyrrole nitrogens is 1. The lowest BCUT2D eigenvalue weighted by molar-refractivity contribution is -0.0405. The summed E-state index contributed by atoms with van der Waals surface area (Å²) in [5.41, 5.74) is -1.21. The number of halogens is 1. The van der Waals surface area contributed by atoms with Gasteiger partial charge in [-0.3, -0.25) is 23.5 Å². The molecule has 2 heterocycles. The Morgan fingerprint density at radius 3 is 2.61 bits per heavy atom. The van der Waals surface area contributed by atoms with E-state index in [0.29, 0.717) is 0 Å². The van der Waals surface area contributed by atoms with E-state index in [1.54, 1.807) is 36.4 Å². The third-order valence-corrected chi connectivity index (χ3v) is 6.48. The van der Waals surface area contributed by atoms with Crippen LogP contribution < -0.4 is 11.2 Å². The van der Waals surface area contributed by atoms with Crippen molar-refractivity contribution in [1.82, 2.24) is 9.55 Å². The molecule has 0 saturated carbocycles. The van der Waals surface area contributed by atoms with Gasteiger partial charge < -0.3 is 23.2 Å². The third kappa shape index (κ3) is 6.88. The molecule has 5 atom stereocenters. The van der Waals surface area contributed by atoms with Crippen molar-refractivity contribution in [1.29, 1.82) is 0 Å². The minimum absolute atomic E-state index is 0.0921. The Labute approximate surface area is 174 Å². The summed E-state index contributed by atoms with van der Waals surface area (Å²) in [6.07, 6.45) is -1.49. The molecule has 0 aliphatic carbocycles. The fraction of sp³-hybridized carbons (Fsp3) is 0.714. The molecule has 1 aromatic rings. The van der Waals surface area contributed by atoms with Crippen LogP contribution in [-0.2, 0) is 27.4 Å². The van der Waals surface area contributed by atoms with Crippen LogP contribution in [0, 0.1) is 3.57 Å². The van der Waals surface area contributed by atoms with E-state index in [9.17, 15) is 23.6 Å². The fourth-order valence-electron chi connectivity index (χ4n) is 2.67. The molecule has 28 heavy (non-hydrogen) atoms. The summed E-state index contributed by atoms with van der Waals surface area (Å²) < 4.78 is 47.1. The number of ether oxygens (including phenoxy) is 1. The molecule has 0 spiro atoms. The van der Waals surface area contributed by atoms with Gasteiger partial charge in [-0.05, 0) is 36.4 Å². The molecule has 0 bridgehead atoms. The van der Waals surface area contributed by atoms with Crippen LogP contribution in [0.25, 0.3) is 0 Å². The number of aromatic nitrogens is 2. The first-order chi connectivity index (χ1) is 12.8. The quantitative estimate of drug-likeness (QED) is 0.365. The second-order valence-corrected chi connectivity index (χ2v) is 11.7. The minimum Gasteiger partial charge on any atom is -0.349 e. The van der Waals surface area contributed by atoms with Crippen LogP contribution in [0.2, 0.25) is 0 Å². The summed E-state index contributed by atoms with van der Waals surface area (Å²) in [5.74, 6) is 0. The van der Waals surface area contributed by atoms with Crippen LogP contribution in [-0.4, -0.2) is 52.7 Å². The van der Waals surface area contributed by atoms with Gasteiger partial charge in [-0.1, -0.05) is 0 Å². The molecule has 11 nitrogen and oxygen atoms in total. The van der Waals surface area contributed by atoms with Gasteiger partial charge in [0.1, 0.15) is 12.3 Å². The summed E-state index contributed by atoms with van der Waals surface area (Å²) >= 11 is 1.78. The van der Waals surface area contributed by atoms with Gasteiger partial charge in [0.25, 0.3) is 5.56 Å². The number of hydrogen-bond donors (Lipinski definition) is 2. The maximum Gasteiger partial charge on any atom is 0.330 e. The normalized spacial score (nSPS) is 26.9. The fourth-order valence-corrected chi connectivity index (χ4v) is 5.06. The lowest BCUT2D eigenvalue weighted by Gasteiger charge is -2.24. The zero-order valence-electron chi connectivity index (χ0n) is 15.7. The van der Waals surface area contributed by atoms with E-state index in [-0.39, 0.29) is 22.7 Å². The smallest absolute Gasteiger partial charge is 0.330 e. The summed E-state index contributed by atoms with van der Waals surface area (Å²) in [6.45, 7) is 5.42. The van der Waals surface area contributed by atoms with Crippen LogP contribution in [0.15, 0.2) is 15.8 Å². The molecule has 0 aromatic carbocycles. The molecule has 2 unspecified atom stereocenters. The standard InChI is InChI=1S/C14H23IN2O9P2/c1-8(2)25-28(4,22)26-10-5-12(24-11(10)7-23-27(3,20)21)17-6-9(15)13(18)16-14(17)19/h6,8,10-12H,5,7H2,1-4H3,(H,20,21)(H,16,18,19)/t10-,11-,12-,28?/m1/s1. The van der Waals surface area contributed by atoms with Crippen LogP contribution >= 0.6 is 37.8 Å². The topological polar surface area (TPSA) is 146 Å². The van der Waals surface area contributed by atoms with E-state index in [2.05, 4.69) is 4.98 Å². The second-order valence-electron chi connectivity index (χ2n) is 6.68. The molecule has 1 saturated heterocycles. The van der Waals surface area contributed by atoms with Crippen LogP contribution in [0.5, 0.6) is 0 Å². The van der Waals surface area contributed by atoms with Crippen LogP contribution in [0.4, 0.5) is 0 Å². The highest BCUT2D eigenvalue weighted by atomic mass is 127. The molecule has 160 valence electrons. The van der Waals surface area contributed by atoms with Gasteiger partial charge in [0.15, 0.2) is 0 Å². The first kappa shape index (κ1) is 23.9. The molecule has 1 aromatic heterocycles. The number of nitrogens with one attached hydrogen (secondary N) is 1. The van der Waals surface area contributed by atoms with Crippen molar-refractivity contribution in [3.05, 3.63) is 30.6 Å². The Morgan fingerprint density at radius 1 is 1.39 bits per heavy atom. The summed E-state index contributed by atoms with van der Waals surface area (Å²) in [6, 6.07) is 0. The first-order valence-electron chi connectivity index (χ1n) is 8.33. The zero-order chi connectivity index (χ0) is 21.3. The van der Waals surface area contributed by atoms with Gasteiger partial charge in [0.2, 0.25) is 0 Å². The molecule has 1 fully saturated rings. The third-order valence-electron chi connectivity index (χ3n) is 3.62. The van der Waals surface area contributed by atoms with Gasteiger partial charge in [-0.25, -0.2) is 4.79 Å². The van der Waals surface area contributed by atoms with Crippen molar-refractivity contribution in [2.75, 3.05) is 19.9 Å². The average molecular weight is 552 g/mol. The van der Waals surface area contributed by atoms with Crippen LogP contribution in [0.3, 0.4) is 0 Å². The van der Waals surface area contributed by atoms with Crippen molar-refractivity contribution < 1.29 is 32.3 Å². The molecule has 1 aliphatic heterocycles. The molecule has 2 rings (SSSR count). The Hall–Kier alpha value is -0.330. The summed E-state index contributed by atoms with van der Waals surface area (Å²) in [7, 11) is -7.25. The van der Waals surface area contributed by atoms with E-state index >= 15 is 0 Å². The van der Waals surface area contributed by atoms with Crippen molar-refractivity contribution in [3.8, 4) is 0 Å². The van der Waals surface area contributed by atoms with Crippen molar-refractivity contribution in [2.24, 2.45) is 0 Å². The van der Waals surface area contributed by atoms with Gasteiger partial charge in [-0.15, -0.1) is 0 Å². The predicted molar refractivity (Wildman–Crippen MR) is 109 cm³/mol. The maximum absolute atomic E-state index is 12.6. The predicted octanol–water partition coefficient (Wildman–Crippen LogP) is 1.89. The molecule has 2 N–H and O–H groups in total.